The lowest BCUT2D eigenvalue weighted by molar-refractivity contribution is -0.385. The Morgan fingerprint density at radius 1 is 1.04 bits per heavy atom. The summed E-state index contributed by atoms with van der Waals surface area (Å²) in [5.74, 6) is 0.0339. The third-order valence-electron chi connectivity index (χ3n) is 4.03. The fraction of sp³-hybridized carbons (Fsp3) is 0.158. The Kier molecular flexibility index (Phi) is 5.62. The fourth-order valence-corrected chi connectivity index (χ4v) is 4.52. The molecule has 0 heterocycles. The van der Waals surface area contributed by atoms with Crippen LogP contribution < -0.4 is 4.74 Å². The molecule has 0 saturated carbocycles. The lowest BCUT2D eigenvalue weighted by Gasteiger charge is -2.10. The van der Waals surface area contributed by atoms with Crippen LogP contribution in [0.5, 0.6) is 5.75 Å². The zero-order valence-corrected chi connectivity index (χ0v) is 15.7. The van der Waals surface area contributed by atoms with Gasteiger partial charge in [-0.05, 0) is 23.6 Å². The zero-order valence-electron chi connectivity index (χ0n) is 14.2. The number of rotatable bonds is 7. The van der Waals surface area contributed by atoms with Crippen LogP contribution in [0.4, 0.5) is 5.69 Å². The number of hydrogen-bond donors (Lipinski definition) is 0. The van der Waals surface area contributed by atoms with Gasteiger partial charge in [0.1, 0.15) is 12.4 Å². The van der Waals surface area contributed by atoms with E-state index in [9.17, 15) is 18.5 Å². The van der Waals surface area contributed by atoms with Gasteiger partial charge in [0.25, 0.3) is 5.69 Å². The fourth-order valence-electron chi connectivity index (χ4n) is 2.83. The standard InChI is InChI=1S/C19H16ClNO5S/c20-10-11-26-16-9-8-15(18(12-16)21(22)23)13-27(24,25)19-7-3-5-14-4-1-2-6-17(14)19/h1-9,12H,10-11,13H2. The van der Waals surface area contributed by atoms with Crippen molar-refractivity contribution in [3.63, 3.8) is 0 Å². The summed E-state index contributed by atoms with van der Waals surface area (Å²) in [4.78, 5) is 11.0. The summed E-state index contributed by atoms with van der Waals surface area (Å²) in [6.45, 7) is 0.201. The van der Waals surface area contributed by atoms with E-state index >= 15 is 0 Å². The van der Waals surface area contributed by atoms with E-state index in [1.54, 1.807) is 18.2 Å². The maximum absolute atomic E-state index is 13.0. The Labute approximate surface area is 161 Å². The molecule has 140 valence electrons. The first-order valence-electron chi connectivity index (χ1n) is 8.09. The van der Waals surface area contributed by atoms with Gasteiger partial charge >= 0.3 is 0 Å². The van der Waals surface area contributed by atoms with Crippen molar-refractivity contribution in [2.24, 2.45) is 0 Å². The number of nitro groups is 1. The summed E-state index contributed by atoms with van der Waals surface area (Å²) in [6.07, 6.45) is 0. The molecule has 0 aliphatic rings. The van der Waals surface area contributed by atoms with Crippen molar-refractivity contribution in [2.75, 3.05) is 12.5 Å². The van der Waals surface area contributed by atoms with Crippen LogP contribution in [0.1, 0.15) is 5.56 Å². The Morgan fingerprint density at radius 3 is 2.52 bits per heavy atom. The minimum absolute atomic E-state index is 0.103. The van der Waals surface area contributed by atoms with Crippen LogP contribution in [0.25, 0.3) is 10.8 Å². The summed E-state index contributed by atoms with van der Waals surface area (Å²) >= 11 is 5.55. The van der Waals surface area contributed by atoms with Gasteiger partial charge in [0.2, 0.25) is 0 Å². The maximum atomic E-state index is 13.0. The molecule has 3 rings (SSSR count). The van der Waals surface area contributed by atoms with Crippen molar-refractivity contribution in [3.8, 4) is 5.75 Å². The summed E-state index contributed by atoms with van der Waals surface area (Å²) in [5.41, 5.74) is -0.197. The molecule has 0 spiro atoms. The molecule has 0 bridgehead atoms. The average Bonchev–Trinajstić information content (AvgIpc) is 2.66. The highest BCUT2D eigenvalue weighted by atomic mass is 35.5. The number of nitro benzene ring substituents is 1. The van der Waals surface area contributed by atoms with Crippen LogP contribution in [-0.2, 0) is 15.6 Å². The van der Waals surface area contributed by atoms with E-state index in [4.69, 9.17) is 16.3 Å². The summed E-state index contributed by atoms with van der Waals surface area (Å²) in [6, 6.07) is 16.3. The molecule has 0 aromatic heterocycles. The molecule has 0 amide bonds. The van der Waals surface area contributed by atoms with Gasteiger partial charge in [0, 0.05) is 10.9 Å². The van der Waals surface area contributed by atoms with E-state index in [-0.39, 0.29) is 34.4 Å². The summed E-state index contributed by atoms with van der Waals surface area (Å²) in [7, 11) is -3.79. The highest BCUT2D eigenvalue weighted by Crippen LogP contribution is 2.30. The van der Waals surface area contributed by atoms with Crippen LogP contribution in [0, 0.1) is 10.1 Å². The molecular formula is C19H16ClNO5S. The van der Waals surface area contributed by atoms with Crippen molar-refractivity contribution in [1.29, 1.82) is 0 Å². The van der Waals surface area contributed by atoms with E-state index in [1.807, 2.05) is 18.2 Å². The lowest BCUT2D eigenvalue weighted by atomic mass is 10.1. The van der Waals surface area contributed by atoms with Gasteiger partial charge in [-0.15, -0.1) is 11.6 Å². The third kappa shape index (κ3) is 4.20. The Balaban J connectivity index is 2.01. The minimum atomic E-state index is -3.79. The van der Waals surface area contributed by atoms with Gasteiger partial charge in [-0.3, -0.25) is 10.1 Å². The number of ether oxygens (including phenoxy) is 1. The summed E-state index contributed by atoms with van der Waals surface area (Å²) in [5, 5.41) is 12.8. The SMILES string of the molecule is O=[N+]([O-])c1cc(OCCCl)ccc1CS(=O)(=O)c1cccc2ccccc12. The normalized spacial score (nSPS) is 11.4. The lowest BCUT2D eigenvalue weighted by Crippen LogP contribution is -2.08. The largest absolute Gasteiger partial charge is 0.492 e. The molecule has 3 aromatic rings. The molecule has 0 unspecified atom stereocenters. The van der Waals surface area contributed by atoms with Gasteiger partial charge in [-0.25, -0.2) is 8.42 Å². The van der Waals surface area contributed by atoms with Crippen LogP contribution >= 0.6 is 11.6 Å². The molecule has 0 aliphatic heterocycles. The molecule has 8 heteroatoms. The first kappa shape index (κ1) is 19.1. The molecule has 6 nitrogen and oxygen atoms in total. The number of hydrogen-bond acceptors (Lipinski definition) is 5. The second-order valence-corrected chi connectivity index (χ2v) is 8.16. The van der Waals surface area contributed by atoms with Crippen LogP contribution in [0.15, 0.2) is 65.6 Å². The van der Waals surface area contributed by atoms with Crippen molar-refractivity contribution in [2.45, 2.75) is 10.6 Å². The van der Waals surface area contributed by atoms with E-state index in [0.717, 1.165) is 5.39 Å². The van der Waals surface area contributed by atoms with E-state index < -0.39 is 20.5 Å². The summed E-state index contributed by atoms with van der Waals surface area (Å²) < 4.78 is 31.2. The second kappa shape index (κ2) is 7.94. The van der Waals surface area contributed by atoms with E-state index in [1.165, 1.54) is 24.3 Å². The molecule has 0 N–H and O–H groups in total. The number of fused-ring (bicyclic) bond motifs is 1. The average molecular weight is 406 g/mol. The van der Waals surface area contributed by atoms with Crippen molar-refractivity contribution >= 4 is 37.9 Å². The minimum Gasteiger partial charge on any atom is -0.492 e. The zero-order chi connectivity index (χ0) is 19.4. The topological polar surface area (TPSA) is 86.5 Å². The molecule has 0 fully saturated rings. The monoisotopic (exact) mass is 405 g/mol. The highest BCUT2D eigenvalue weighted by molar-refractivity contribution is 7.90. The molecule has 27 heavy (non-hydrogen) atoms. The molecule has 0 radical (unpaired) electrons. The molecule has 0 aliphatic carbocycles. The predicted octanol–water partition coefficient (Wildman–Crippen LogP) is 4.34. The Morgan fingerprint density at radius 2 is 1.78 bits per heavy atom. The Hall–Kier alpha value is -2.64. The number of nitrogens with zero attached hydrogens (tertiary/aromatic N) is 1. The number of alkyl halides is 1. The number of benzene rings is 3. The predicted molar refractivity (Wildman–Crippen MR) is 104 cm³/mol. The van der Waals surface area contributed by atoms with E-state index in [0.29, 0.717) is 5.39 Å². The van der Waals surface area contributed by atoms with E-state index in [2.05, 4.69) is 0 Å². The molecule has 0 saturated heterocycles. The van der Waals surface area contributed by atoms with Gasteiger partial charge in [0.15, 0.2) is 9.84 Å². The van der Waals surface area contributed by atoms with Gasteiger partial charge in [0.05, 0.1) is 27.5 Å². The number of sulfone groups is 1. The maximum Gasteiger partial charge on any atom is 0.277 e. The highest BCUT2D eigenvalue weighted by Gasteiger charge is 2.24. The second-order valence-electron chi connectivity index (χ2n) is 5.82. The quantitative estimate of drug-likeness (QED) is 0.331. The van der Waals surface area contributed by atoms with Crippen molar-refractivity contribution in [3.05, 3.63) is 76.3 Å². The smallest absolute Gasteiger partial charge is 0.277 e. The molecule has 3 aromatic carbocycles. The molecule has 0 atom stereocenters. The Bertz CT molecular complexity index is 1090. The third-order valence-corrected chi connectivity index (χ3v) is 5.90. The first-order valence-corrected chi connectivity index (χ1v) is 10.3. The molecular weight excluding hydrogens is 390 g/mol. The van der Waals surface area contributed by atoms with Crippen LogP contribution in [-0.4, -0.2) is 25.8 Å². The van der Waals surface area contributed by atoms with Crippen molar-refractivity contribution < 1.29 is 18.1 Å². The van der Waals surface area contributed by atoms with Gasteiger partial charge in [-0.2, -0.15) is 0 Å². The van der Waals surface area contributed by atoms with Crippen LogP contribution in [0.2, 0.25) is 0 Å². The number of halogens is 1. The van der Waals surface area contributed by atoms with Gasteiger partial charge in [-0.1, -0.05) is 36.4 Å². The van der Waals surface area contributed by atoms with Crippen molar-refractivity contribution in [1.82, 2.24) is 0 Å². The van der Waals surface area contributed by atoms with Gasteiger partial charge < -0.3 is 4.74 Å². The van der Waals surface area contributed by atoms with Crippen LogP contribution in [0.3, 0.4) is 0 Å². The first-order chi connectivity index (χ1) is 12.9.